The lowest BCUT2D eigenvalue weighted by molar-refractivity contribution is 1.11. The average Bonchev–Trinajstić information content (AvgIpc) is 2.33. The van der Waals surface area contributed by atoms with E-state index in [1.807, 2.05) is 12.1 Å². The van der Waals surface area contributed by atoms with Crippen molar-refractivity contribution in [3.63, 3.8) is 0 Å². The summed E-state index contributed by atoms with van der Waals surface area (Å²) in [6.07, 6.45) is 0. The summed E-state index contributed by atoms with van der Waals surface area (Å²) >= 11 is 12.3. The van der Waals surface area contributed by atoms with E-state index >= 15 is 0 Å². The van der Waals surface area contributed by atoms with Gasteiger partial charge in [0.25, 0.3) is 0 Å². The molecule has 2 rings (SSSR count). The van der Waals surface area contributed by atoms with Gasteiger partial charge in [0.15, 0.2) is 0 Å². The van der Waals surface area contributed by atoms with Gasteiger partial charge in [0.1, 0.15) is 0 Å². The molecule has 0 heterocycles. The molecule has 17 heavy (non-hydrogen) atoms. The lowest BCUT2D eigenvalue weighted by Crippen LogP contribution is -1.97. The fraction of sp³-hybridized carbons (Fsp3) is 0.143. The van der Waals surface area contributed by atoms with Crippen LogP contribution < -0.4 is 0 Å². The number of hydrogen-bond donors (Lipinski definition) is 0. The molecule has 0 saturated heterocycles. The number of alkyl halides is 1. The molecule has 0 spiro atoms. The molecule has 2 aromatic carbocycles. The number of hydrogen-bond acceptors (Lipinski definition) is 0. The minimum absolute atomic E-state index is 0.0881. The first kappa shape index (κ1) is 13.4. The molecule has 0 fully saturated rings. The zero-order chi connectivity index (χ0) is 12.4. The summed E-state index contributed by atoms with van der Waals surface area (Å²) < 4.78 is 2.32. The van der Waals surface area contributed by atoms with E-state index in [1.165, 1.54) is 14.7 Å². The standard InChI is InChI=1S/C14H11BrClI/c1-9-3-2-4-12(14(9)17)13(16)10-5-7-11(15)8-6-10/h2-8,13H,1H3. The van der Waals surface area contributed by atoms with Gasteiger partial charge in [0, 0.05) is 8.04 Å². The largest absolute Gasteiger partial charge is 0.113 e. The van der Waals surface area contributed by atoms with Crippen LogP contribution in [0.4, 0.5) is 0 Å². The Balaban J connectivity index is 2.40. The van der Waals surface area contributed by atoms with Crippen molar-refractivity contribution in [1.82, 2.24) is 0 Å². The molecule has 88 valence electrons. The molecule has 3 heteroatoms. The van der Waals surface area contributed by atoms with Crippen molar-refractivity contribution in [3.05, 3.63) is 67.2 Å². The van der Waals surface area contributed by atoms with Gasteiger partial charge in [0.05, 0.1) is 5.38 Å². The Kier molecular flexibility index (Phi) is 4.50. The fourth-order valence-electron chi connectivity index (χ4n) is 1.68. The predicted octanol–water partition coefficient (Wildman–Crippen LogP) is 5.69. The maximum absolute atomic E-state index is 6.54. The second kappa shape index (κ2) is 5.72. The third-order valence-corrected chi connectivity index (χ3v) is 5.15. The molecule has 0 amide bonds. The van der Waals surface area contributed by atoms with E-state index in [4.69, 9.17) is 11.6 Å². The van der Waals surface area contributed by atoms with Crippen LogP contribution in [0.5, 0.6) is 0 Å². The minimum atomic E-state index is -0.0881. The van der Waals surface area contributed by atoms with Crippen molar-refractivity contribution in [2.24, 2.45) is 0 Å². The Morgan fingerprint density at radius 3 is 2.41 bits per heavy atom. The normalized spacial score (nSPS) is 12.5. The first-order valence-electron chi connectivity index (χ1n) is 5.24. The van der Waals surface area contributed by atoms with E-state index in [-0.39, 0.29) is 5.38 Å². The van der Waals surface area contributed by atoms with Crippen molar-refractivity contribution in [2.75, 3.05) is 0 Å². The fourth-order valence-corrected chi connectivity index (χ4v) is 3.12. The highest BCUT2D eigenvalue weighted by molar-refractivity contribution is 14.1. The average molecular weight is 422 g/mol. The van der Waals surface area contributed by atoms with Crippen LogP contribution in [-0.2, 0) is 0 Å². The van der Waals surface area contributed by atoms with Gasteiger partial charge < -0.3 is 0 Å². The van der Waals surface area contributed by atoms with Gasteiger partial charge in [-0.1, -0.05) is 46.3 Å². The first-order valence-corrected chi connectivity index (χ1v) is 7.55. The maximum atomic E-state index is 6.54. The van der Waals surface area contributed by atoms with E-state index in [9.17, 15) is 0 Å². The first-order chi connectivity index (χ1) is 8.09. The van der Waals surface area contributed by atoms with Gasteiger partial charge in [-0.05, 0) is 58.3 Å². The van der Waals surface area contributed by atoms with E-state index in [2.05, 4.69) is 75.8 Å². The summed E-state index contributed by atoms with van der Waals surface area (Å²) in [6.45, 7) is 2.11. The Morgan fingerprint density at radius 1 is 1.12 bits per heavy atom. The van der Waals surface area contributed by atoms with Crippen LogP contribution in [0, 0.1) is 10.5 Å². The minimum Gasteiger partial charge on any atom is -0.113 e. The van der Waals surface area contributed by atoms with E-state index in [0.29, 0.717) is 0 Å². The zero-order valence-electron chi connectivity index (χ0n) is 9.25. The second-order valence-corrected chi connectivity index (χ2v) is 6.32. The van der Waals surface area contributed by atoms with Crippen LogP contribution in [0.15, 0.2) is 46.9 Å². The molecule has 0 nitrogen and oxygen atoms in total. The van der Waals surface area contributed by atoms with Crippen LogP contribution in [0.2, 0.25) is 0 Å². The Bertz CT molecular complexity index is 522. The van der Waals surface area contributed by atoms with Crippen LogP contribution in [0.25, 0.3) is 0 Å². The smallest absolute Gasteiger partial charge is 0.0845 e. The summed E-state index contributed by atoms with van der Waals surface area (Å²) in [4.78, 5) is 0. The molecule has 0 saturated carbocycles. The molecule has 1 unspecified atom stereocenters. The van der Waals surface area contributed by atoms with Crippen LogP contribution in [0.3, 0.4) is 0 Å². The Labute approximate surface area is 129 Å². The summed E-state index contributed by atoms with van der Waals surface area (Å²) in [5, 5.41) is -0.0881. The van der Waals surface area contributed by atoms with Crippen LogP contribution >= 0.6 is 50.1 Å². The number of aryl methyl sites for hydroxylation is 1. The summed E-state index contributed by atoms with van der Waals surface area (Å²) in [5.74, 6) is 0. The molecule has 0 aliphatic heterocycles. The lowest BCUT2D eigenvalue weighted by atomic mass is 10.0. The van der Waals surface area contributed by atoms with Gasteiger partial charge in [-0.2, -0.15) is 0 Å². The van der Waals surface area contributed by atoms with E-state index in [0.717, 1.165) is 10.0 Å². The van der Waals surface area contributed by atoms with E-state index in [1.54, 1.807) is 0 Å². The maximum Gasteiger partial charge on any atom is 0.0845 e. The van der Waals surface area contributed by atoms with Crippen LogP contribution in [0.1, 0.15) is 22.1 Å². The predicted molar refractivity (Wildman–Crippen MR) is 85.7 cm³/mol. The van der Waals surface area contributed by atoms with Crippen molar-refractivity contribution in [2.45, 2.75) is 12.3 Å². The van der Waals surface area contributed by atoms with E-state index < -0.39 is 0 Å². The summed E-state index contributed by atoms with van der Waals surface area (Å²) in [7, 11) is 0. The lowest BCUT2D eigenvalue weighted by Gasteiger charge is -2.14. The van der Waals surface area contributed by atoms with Gasteiger partial charge in [-0.25, -0.2) is 0 Å². The Morgan fingerprint density at radius 2 is 1.76 bits per heavy atom. The summed E-state index contributed by atoms with van der Waals surface area (Å²) in [6, 6.07) is 14.4. The molecule has 0 aliphatic carbocycles. The van der Waals surface area contributed by atoms with Crippen molar-refractivity contribution < 1.29 is 0 Å². The molecule has 1 atom stereocenters. The highest BCUT2D eigenvalue weighted by Crippen LogP contribution is 2.33. The molecule has 0 aliphatic rings. The van der Waals surface area contributed by atoms with Crippen molar-refractivity contribution >= 4 is 50.1 Å². The zero-order valence-corrected chi connectivity index (χ0v) is 13.8. The topological polar surface area (TPSA) is 0 Å². The van der Waals surface area contributed by atoms with Gasteiger partial charge >= 0.3 is 0 Å². The van der Waals surface area contributed by atoms with Gasteiger partial charge in [-0.3, -0.25) is 0 Å². The monoisotopic (exact) mass is 420 g/mol. The summed E-state index contributed by atoms with van der Waals surface area (Å²) in [5.41, 5.74) is 3.57. The highest BCUT2D eigenvalue weighted by atomic mass is 127. The second-order valence-electron chi connectivity index (χ2n) is 3.89. The quantitative estimate of drug-likeness (QED) is 0.432. The third kappa shape index (κ3) is 3.04. The molecule has 0 bridgehead atoms. The SMILES string of the molecule is Cc1cccc(C(Cl)c2ccc(Br)cc2)c1I. The Hall–Kier alpha value is -0.0600. The molecule has 0 aromatic heterocycles. The van der Waals surface area contributed by atoms with Gasteiger partial charge in [-0.15, -0.1) is 11.6 Å². The molecular formula is C14H11BrClI. The molecule has 0 radical (unpaired) electrons. The molecule has 2 aromatic rings. The van der Waals surface area contributed by atoms with Gasteiger partial charge in [0.2, 0.25) is 0 Å². The number of benzene rings is 2. The van der Waals surface area contributed by atoms with Crippen molar-refractivity contribution in [1.29, 1.82) is 0 Å². The van der Waals surface area contributed by atoms with Crippen molar-refractivity contribution in [3.8, 4) is 0 Å². The van der Waals surface area contributed by atoms with Crippen LogP contribution in [-0.4, -0.2) is 0 Å². The highest BCUT2D eigenvalue weighted by Gasteiger charge is 2.14. The number of halogens is 3. The third-order valence-electron chi connectivity index (χ3n) is 2.66. The molecular weight excluding hydrogens is 410 g/mol. The molecule has 0 N–H and O–H groups in total. The number of rotatable bonds is 2.